The minimum Gasteiger partial charge on any atom is -0.447 e. The van der Waals surface area contributed by atoms with E-state index in [0.29, 0.717) is 13.1 Å². The number of ether oxygens (including phenoxy) is 1. The highest BCUT2D eigenvalue weighted by atomic mass is 16.6. The molecule has 1 saturated heterocycles. The molecule has 1 aromatic carbocycles. The largest absolute Gasteiger partial charge is 0.447 e. The summed E-state index contributed by atoms with van der Waals surface area (Å²) < 4.78 is 5.07. The van der Waals surface area contributed by atoms with Crippen molar-refractivity contribution in [2.45, 2.75) is 19.1 Å². The molecule has 0 bridgehead atoms. The highest BCUT2D eigenvalue weighted by Gasteiger charge is 2.37. The van der Waals surface area contributed by atoms with Crippen LogP contribution in [0.4, 0.5) is 10.5 Å². The number of anilines is 1. The molecule has 0 unspecified atom stereocenters. The number of benzene rings is 1. The summed E-state index contributed by atoms with van der Waals surface area (Å²) in [5.41, 5.74) is 2.94. The maximum absolute atomic E-state index is 12.5. The molecule has 1 aliphatic rings. The lowest BCUT2D eigenvalue weighted by molar-refractivity contribution is -0.125. The van der Waals surface area contributed by atoms with Gasteiger partial charge in [0, 0.05) is 38.7 Å². The Morgan fingerprint density at radius 2 is 2.04 bits per heavy atom. The van der Waals surface area contributed by atoms with E-state index in [-0.39, 0.29) is 12.5 Å². The molecule has 1 aliphatic heterocycles. The molecule has 0 spiro atoms. The fourth-order valence-corrected chi connectivity index (χ4v) is 2.75. The van der Waals surface area contributed by atoms with Gasteiger partial charge in [0.25, 0.3) is 0 Å². The van der Waals surface area contributed by atoms with Crippen molar-refractivity contribution in [2.75, 3.05) is 25.6 Å². The lowest BCUT2D eigenvalue weighted by atomic mass is 10.2. The van der Waals surface area contributed by atoms with Gasteiger partial charge in [-0.1, -0.05) is 18.2 Å². The SMILES string of the molecule is CN(C)c1ccc(CNC(=O)[C@@H]2COC(=O)N2Cc2cccnc2)cc1. The molecule has 2 heterocycles. The minimum atomic E-state index is -0.635. The highest BCUT2D eigenvalue weighted by Crippen LogP contribution is 2.17. The van der Waals surface area contributed by atoms with Gasteiger partial charge in [-0.2, -0.15) is 0 Å². The predicted octanol–water partition coefficient (Wildman–Crippen LogP) is 1.78. The third kappa shape index (κ3) is 4.11. The summed E-state index contributed by atoms with van der Waals surface area (Å²) in [7, 11) is 3.95. The number of pyridine rings is 1. The van der Waals surface area contributed by atoms with E-state index in [2.05, 4.69) is 10.3 Å². The molecule has 0 aliphatic carbocycles. The minimum absolute atomic E-state index is 0.0600. The van der Waals surface area contributed by atoms with Gasteiger partial charge < -0.3 is 15.0 Å². The van der Waals surface area contributed by atoms with Crippen LogP contribution in [0.25, 0.3) is 0 Å². The van der Waals surface area contributed by atoms with Crippen molar-refractivity contribution >= 4 is 17.7 Å². The van der Waals surface area contributed by atoms with Crippen molar-refractivity contribution in [3.05, 3.63) is 59.9 Å². The molecule has 0 radical (unpaired) electrons. The van der Waals surface area contributed by atoms with E-state index < -0.39 is 12.1 Å². The maximum Gasteiger partial charge on any atom is 0.410 e. The Kier molecular flexibility index (Phi) is 5.36. The summed E-state index contributed by atoms with van der Waals surface area (Å²) in [5.74, 6) is -0.226. The molecule has 26 heavy (non-hydrogen) atoms. The first-order valence-electron chi connectivity index (χ1n) is 8.41. The normalized spacial score (nSPS) is 16.3. The highest BCUT2D eigenvalue weighted by molar-refractivity contribution is 5.87. The smallest absolute Gasteiger partial charge is 0.410 e. The quantitative estimate of drug-likeness (QED) is 0.856. The first-order chi connectivity index (χ1) is 12.5. The number of rotatable bonds is 6. The van der Waals surface area contributed by atoms with Gasteiger partial charge in [0.15, 0.2) is 0 Å². The maximum atomic E-state index is 12.5. The standard InChI is InChI=1S/C19H22N4O3/c1-22(2)16-7-5-14(6-8-16)11-21-18(24)17-13-26-19(25)23(17)12-15-4-3-9-20-10-15/h3-10,17H,11-13H2,1-2H3,(H,21,24)/t17-/m0/s1. The van der Waals surface area contributed by atoms with E-state index in [0.717, 1.165) is 16.8 Å². The van der Waals surface area contributed by atoms with Gasteiger partial charge in [0.2, 0.25) is 5.91 Å². The molecule has 7 heteroatoms. The molecule has 7 nitrogen and oxygen atoms in total. The number of hydrogen-bond donors (Lipinski definition) is 1. The van der Waals surface area contributed by atoms with Crippen molar-refractivity contribution in [3.63, 3.8) is 0 Å². The van der Waals surface area contributed by atoms with Crippen LogP contribution in [-0.2, 0) is 22.6 Å². The molecule has 1 N–H and O–H groups in total. The fraction of sp³-hybridized carbons (Fsp3) is 0.316. The molecule has 3 rings (SSSR count). The average molecular weight is 354 g/mol. The molecule has 2 amide bonds. The van der Waals surface area contributed by atoms with Crippen LogP contribution < -0.4 is 10.2 Å². The van der Waals surface area contributed by atoms with E-state index in [1.165, 1.54) is 4.90 Å². The van der Waals surface area contributed by atoms with Crippen LogP contribution in [0.5, 0.6) is 0 Å². The molecular weight excluding hydrogens is 332 g/mol. The third-order valence-electron chi connectivity index (χ3n) is 4.27. The number of carbonyl (C=O) groups is 2. The summed E-state index contributed by atoms with van der Waals surface area (Å²) in [6.07, 6.45) is 2.86. The van der Waals surface area contributed by atoms with E-state index in [4.69, 9.17) is 4.74 Å². The van der Waals surface area contributed by atoms with Gasteiger partial charge >= 0.3 is 6.09 Å². The topological polar surface area (TPSA) is 74.8 Å². The van der Waals surface area contributed by atoms with Crippen molar-refractivity contribution < 1.29 is 14.3 Å². The second-order valence-corrected chi connectivity index (χ2v) is 6.36. The van der Waals surface area contributed by atoms with Crippen molar-refractivity contribution in [2.24, 2.45) is 0 Å². The fourth-order valence-electron chi connectivity index (χ4n) is 2.75. The van der Waals surface area contributed by atoms with E-state index in [1.54, 1.807) is 18.5 Å². The number of cyclic esters (lactones) is 1. The Hall–Kier alpha value is -3.09. The zero-order chi connectivity index (χ0) is 18.5. The van der Waals surface area contributed by atoms with Gasteiger partial charge in [-0.15, -0.1) is 0 Å². The second kappa shape index (κ2) is 7.86. The first-order valence-corrected chi connectivity index (χ1v) is 8.41. The number of nitrogens with one attached hydrogen (secondary N) is 1. The summed E-state index contributed by atoms with van der Waals surface area (Å²) in [5, 5.41) is 2.88. The Morgan fingerprint density at radius 1 is 1.27 bits per heavy atom. The van der Waals surface area contributed by atoms with Crippen molar-refractivity contribution in [1.82, 2.24) is 15.2 Å². The second-order valence-electron chi connectivity index (χ2n) is 6.36. The van der Waals surface area contributed by atoms with Gasteiger partial charge in [0.1, 0.15) is 12.6 Å². The summed E-state index contributed by atoms with van der Waals surface area (Å²) in [6.45, 7) is 0.755. The molecule has 2 aromatic rings. The Labute approximate surface area is 152 Å². The summed E-state index contributed by atoms with van der Waals surface area (Å²) >= 11 is 0. The monoisotopic (exact) mass is 354 g/mol. The lowest BCUT2D eigenvalue weighted by Gasteiger charge is -2.20. The van der Waals surface area contributed by atoms with Crippen LogP contribution in [0.3, 0.4) is 0 Å². The van der Waals surface area contributed by atoms with Gasteiger partial charge in [-0.05, 0) is 29.3 Å². The zero-order valence-corrected chi connectivity index (χ0v) is 14.9. The molecule has 1 atom stereocenters. The Bertz CT molecular complexity index is 762. The van der Waals surface area contributed by atoms with Crippen LogP contribution in [0.15, 0.2) is 48.8 Å². The number of amides is 2. The summed E-state index contributed by atoms with van der Waals surface area (Å²) in [6, 6.07) is 11.0. The number of hydrogen-bond acceptors (Lipinski definition) is 5. The molecule has 0 saturated carbocycles. The molecule has 1 aromatic heterocycles. The van der Waals surface area contributed by atoms with E-state index in [1.807, 2.05) is 49.3 Å². The van der Waals surface area contributed by atoms with Crippen LogP contribution in [0, 0.1) is 0 Å². The first kappa shape index (κ1) is 17.7. The van der Waals surface area contributed by atoms with Gasteiger partial charge in [0.05, 0.1) is 6.54 Å². The lowest BCUT2D eigenvalue weighted by Crippen LogP contribution is -2.45. The van der Waals surface area contributed by atoms with Crippen molar-refractivity contribution in [1.29, 1.82) is 0 Å². The predicted molar refractivity (Wildman–Crippen MR) is 97.5 cm³/mol. The van der Waals surface area contributed by atoms with Gasteiger partial charge in [-0.25, -0.2) is 4.79 Å². The molecule has 136 valence electrons. The molecule has 1 fully saturated rings. The average Bonchev–Trinajstić information content (AvgIpc) is 3.01. The van der Waals surface area contributed by atoms with Crippen LogP contribution >= 0.6 is 0 Å². The van der Waals surface area contributed by atoms with Crippen molar-refractivity contribution in [3.8, 4) is 0 Å². The Balaban J connectivity index is 1.60. The third-order valence-corrected chi connectivity index (χ3v) is 4.27. The number of aromatic nitrogens is 1. The number of carbonyl (C=O) groups excluding carboxylic acids is 2. The van der Waals surface area contributed by atoms with Crippen LogP contribution in [0.2, 0.25) is 0 Å². The van der Waals surface area contributed by atoms with Crippen LogP contribution in [0.1, 0.15) is 11.1 Å². The zero-order valence-electron chi connectivity index (χ0n) is 14.9. The summed E-state index contributed by atoms with van der Waals surface area (Å²) in [4.78, 5) is 32.0. The van der Waals surface area contributed by atoms with Crippen LogP contribution in [-0.4, -0.2) is 48.6 Å². The Morgan fingerprint density at radius 3 is 2.69 bits per heavy atom. The van der Waals surface area contributed by atoms with E-state index in [9.17, 15) is 9.59 Å². The molecular formula is C19H22N4O3. The number of nitrogens with zero attached hydrogens (tertiary/aromatic N) is 3. The van der Waals surface area contributed by atoms with Gasteiger partial charge in [-0.3, -0.25) is 14.7 Å². The van der Waals surface area contributed by atoms with E-state index >= 15 is 0 Å².